The van der Waals surface area contributed by atoms with Gasteiger partial charge in [-0.1, -0.05) is 24.4 Å². The van der Waals surface area contributed by atoms with Crippen LogP contribution in [0.5, 0.6) is 0 Å². The van der Waals surface area contributed by atoms with Gasteiger partial charge in [-0.05, 0) is 19.9 Å². The van der Waals surface area contributed by atoms with Crippen LogP contribution in [0.25, 0.3) is 0 Å². The second-order valence-corrected chi connectivity index (χ2v) is 6.40. The van der Waals surface area contributed by atoms with Crippen LogP contribution < -0.4 is 5.32 Å². The Morgan fingerprint density at radius 1 is 1.53 bits per heavy atom. The standard InChI is InChI=1S/C12H20ClN3S/c1-16(10-4-2-3-5-10)7-6-14-9-12-15-8-11(13)17-12/h8,10,14H,2-7,9H2,1H3. The van der Waals surface area contributed by atoms with Crippen molar-refractivity contribution in [3.63, 3.8) is 0 Å². The van der Waals surface area contributed by atoms with Crippen molar-refractivity contribution in [1.82, 2.24) is 15.2 Å². The molecule has 1 aromatic heterocycles. The summed E-state index contributed by atoms with van der Waals surface area (Å²) in [5, 5.41) is 4.49. The summed E-state index contributed by atoms with van der Waals surface area (Å²) in [5.74, 6) is 0. The van der Waals surface area contributed by atoms with E-state index in [2.05, 4.69) is 22.2 Å². The lowest BCUT2D eigenvalue weighted by Gasteiger charge is -2.23. The van der Waals surface area contributed by atoms with Crippen LogP contribution in [-0.4, -0.2) is 36.1 Å². The van der Waals surface area contributed by atoms with Crippen LogP contribution >= 0.6 is 22.9 Å². The van der Waals surface area contributed by atoms with E-state index in [0.29, 0.717) is 0 Å². The van der Waals surface area contributed by atoms with Crippen LogP contribution in [0, 0.1) is 0 Å². The second-order valence-electron chi connectivity index (χ2n) is 4.65. The zero-order chi connectivity index (χ0) is 12.1. The zero-order valence-corrected chi connectivity index (χ0v) is 11.9. The highest BCUT2D eigenvalue weighted by Gasteiger charge is 2.18. The smallest absolute Gasteiger partial charge is 0.113 e. The van der Waals surface area contributed by atoms with E-state index < -0.39 is 0 Å². The molecule has 17 heavy (non-hydrogen) atoms. The summed E-state index contributed by atoms with van der Waals surface area (Å²) in [5.41, 5.74) is 0. The minimum atomic E-state index is 0.768. The van der Waals surface area contributed by atoms with Gasteiger partial charge in [0.2, 0.25) is 0 Å². The first-order chi connectivity index (χ1) is 8.25. The third kappa shape index (κ3) is 4.21. The molecule has 1 fully saturated rings. The number of nitrogens with zero attached hydrogens (tertiary/aromatic N) is 2. The molecular weight excluding hydrogens is 254 g/mol. The van der Waals surface area contributed by atoms with E-state index in [-0.39, 0.29) is 0 Å². The van der Waals surface area contributed by atoms with Crippen molar-refractivity contribution < 1.29 is 0 Å². The summed E-state index contributed by atoms with van der Waals surface area (Å²) in [6.45, 7) is 2.96. The molecule has 1 aromatic rings. The Kier molecular flexibility index (Phi) is 5.22. The predicted octanol–water partition coefficient (Wildman–Crippen LogP) is 2.76. The number of thiazole rings is 1. The maximum absolute atomic E-state index is 5.83. The van der Waals surface area contributed by atoms with Crippen LogP contribution in [0.1, 0.15) is 30.7 Å². The number of hydrogen-bond acceptors (Lipinski definition) is 4. The van der Waals surface area contributed by atoms with Crippen molar-refractivity contribution in [2.24, 2.45) is 0 Å². The molecule has 0 bridgehead atoms. The Balaban J connectivity index is 1.59. The van der Waals surface area contributed by atoms with Gasteiger partial charge in [0.05, 0.1) is 6.20 Å². The molecule has 0 aliphatic heterocycles. The van der Waals surface area contributed by atoms with Gasteiger partial charge >= 0.3 is 0 Å². The maximum atomic E-state index is 5.83. The van der Waals surface area contributed by atoms with Crippen LogP contribution in [0.15, 0.2) is 6.20 Å². The molecule has 96 valence electrons. The Labute approximate surface area is 112 Å². The quantitative estimate of drug-likeness (QED) is 0.808. The fourth-order valence-corrected chi connectivity index (χ4v) is 3.27. The summed E-state index contributed by atoms with van der Waals surface area (Å²) < 4.78 is 0.768. The van der Waals surface area contributed by atoms with Gasteiger partial charge in [0, 0.05) is 25.7 Å². The largest absolute Gasteiger partial charge is 0.309 e. The maximum Gasteiger partial charge on any atom is 0.113 e. The number of halogens is 1. The van der Waals surface area contributed by atoms with Crippen molar-refractivity contribution in [2.75, 3.05) is 20.1 Å². The Hall–Kier alpha value is -0.160. The fraction of sp³-hybridized carbons (Fsp3) is 0.750. The lowest BCUT2D eigenvalue weighted by atomic mass is 10.2. The first-order valence-electron chi connectivity index (χ1n) is 6.27. The summed E-state index contributed by atoms with van der Waals surface area (Å²) >= 11 is 7.38. The average Bonchev–Trinajstić information content (AvgIpc) is 2.95. The zero-order valence-electron chi connectivity index (χ0n) is 10.3. The highest BCUT2D eigenvalue weighted by Crippen LogP contribution is 2.22. The molecule has 1 aliphatic rings. The van der Waals surface area contributed by atoms with Crippen molar-refractivity contribution in [3.8, 4) is 0 Å². The molecular formula is C12H20ClN3S. The summed E-state index contributed by atoms with van der Waals surface area (Å²) in [4.78, 5) is 6.70. The lowest BCUT2D eigenvalue weighted by molar-refractivity contribution is 0.245. The highest BCUT2D eigenvalue weighted by molar-refractivity contribution is 7.15. The average molecular weight is 274 g/mol. The molecule has 0 unspecified atom stereocenters. The topological polar surface area (TPSA) is 28.2 Å². The molecule has 1 aliphatic carbocycles. The molecule has 5 heteroatoms. The van der Waals surface area contributed by atoms with E-state index in [1.807, 2.05) is 0 Å². The molecule has 1 N–H and O–H groups in total. The molecule has 0 aromatic carbocycles. The molecule has 0 radical (unpaired) electrons. The summed E-state index contributed by atoms with van der Waals surface area (Å²) in [7, 11) is 2.23. The van der Waals surface area contributed by atoms with Gasteiger partial charge in [0.25, 0.3) is 0 Å². The SMILES string of the molecule is CN(CCNCc1ncc(Cl)s1)C1CCCC1. The molecule has 1 saturated carbocycles. The van der Waals surface area contributed by atoms with Crippen molar-refractivity contribution in [2.45, 2.75) is 38.3 Å². The van der Waals surface area contributed by atoms with Gasteiger partial charge in [0.1, 0.15) is 9.34 Å². The third-order valence-electron chi connectivity index (χ3n) is 3.39. The molecule has 0 atom stereocenters. The van der Waals surface area contributed by atoms with Gasteiger partial charge in [0.15, 0.2) is 0 Å². The lowest BCUT2D eigenvalue weighted by Crippen LogP contribution is -2.35. The van der Waals surface area contributed by atoms with E-state index in [1.165, 1.54) is 25.7 Å². The molecule has 3 nitrogen and oxygen atoms in total. The van der Waals surface area contributed by atoms with Crippen molar-refractivity contribution >= 4 is 22.9 Å². The number of rotatable bonds is 6. The first-order valence-corrected chi connectivity index (χ1v) is 7.46. The predicted molar refractivity (Wildman–Crippen MR) is 73.7 cm³/mol. The van der Waals surface area contributed by atoms with Gasteiger partial charge in [-0.3, -0.25) is 0 Å². The molecule has 0 amide bonds. The van der Waals surface area contributed by atoms with Gasteiger partial charge < -0.3 is 10.2 Å². The Bertz CT molecular complexity index is 336. The van der Waals surface area contributed by atoms with Crippen molar-refractivity contribution in [1.29, 1.82) is 0 Å². The van der Waals surface area contributed by atoms with Crippen LogP contribution in [0.2, 0.25) is 4.34 Å². The Morgan fingerprint density at radius 3 is 2.94 bits per heavy atom. The molecule has 1 heterocycles. The third-order valence-corrected chi connectivity index (χ3v) is 4.51. The number of aromatic nitrogens is 1. The van der Waals surface area contributed by atoms with E-state index in [4.69, 9.17) is 11.6 Å². The monoisotopic (exact) mass is 273 g/mol. The van der Waals surface area contributed by atoms with E-state index in [1.54, 1.807) is 17.5 Å². The van der Waals surface area contributed by atoms with Crippen LogP contribution in [0.3, 0.4) is 0 Å². The summed E-state index contributed by atoms with van der Waals surface area (Å²) in [6, 6.07) is 0.811. The highest BCUT2D eigenvalue weighted by atomic mass is 35.5. The van der Waals surface area contributed by atoms with Gasteiger partial charge in [-0.2, -0.15) is 0 Å². The second kappa shape index (κ2) is 6.69. The van der Waals surface area contributed by atoms with Gasteiger partial charge in [-0.15, -0.1) is 11.3 Å². The van der Waals surface area contributed by atoms with E-state index in [9.17, 15) is 0 Å². The molecule has 0 spiro atoms. The van der Waals surface area contributed by atoms with Gasteiger partial charge in [-0.25, -0.2) is 4.98 Å². The number of hydrogen-bond donors (Lipinski definition) is 1. The minimum absolute atomic E-state index is 0.768. The molecule has 2 rings (SSSR count). The summed E-state index contributed by atoms with van der Waals surface area (Å²) in [6.07, 6.45) is 7.27. The minimum Gasteiger partial charge on any atom is -0.309 e. The number of likely N-dealkylation sites (N-methyl/N-ethyl adjacent to an activating group) is 1. The Morgan fingerprint density at radius 2 is 2.29 bits per heavy atom. The first kappa shape index (κ1) is 13.3. The fourth-order valence-electron chi connectivity index (χ4n) is 2.35. The van der Waals surface area contributed by atoms with E-state index >= 15 is 0 Å². The van der Waals surface area contributed by atoms with Crippen LogP contribution in [0.4, 0.5) is 0 Å². The van der Waals surface area contributed by atoms with Crippen LogP contribution in [-0.2, 0) is 6.54 Å². The van der Waals surface area contributed by atoms with Crippen molar-refractivity contribution in [3.05, 3.63) is 15.5 Å². The number of nitrogens with one attached hydrogen (secondary N) is 1. The van der Waals surface area contributed by atoms with E-state index in [0.717, 1.165) is 35.0 Å². The molecule has 0 saturated heterocycles. The normalized spacial score (nSPS) is 17.1.